The van der Waals surface area contributed by atoms with Crippen molar-refractivity contribution in [2.24, 2.45) is 0 Å². The zero-order valence-corrected chi connectivity index (χ0v) is 11.4. The molecule has 1 aliphatic rings. The average Bonchev–Trinajstić information content (AvgIpc) is 2.37. The summed E-state index contributed by atoms with van der Waals surface area (Å²) in [5.41, 5.74) is 7.99. The van der Waals surface area contributed by atoms with Gasteiger partial charge in [0.2, 0.25) is 0 Å². The van der Waals surface area contributed by atoms with E-state index in [2.05, 4.69) is 24.0 Å². The standard InChI is InChI=1S/C15H24N2O/c1-12-10-15(18-2)7-9-17(12)8-6-13-4-3-5-14(16)11-13/h3-5,11-12,15H,6-10,16H2,1-2H3. The lowest BCUT2D eigenvalue weighted by Gasteiger charge is -2.37. The van der Waals surface area contributed by atoms with Gasteiger partial charge in [0.25, 0.3) is 0 Å². The number of likely N-dealkylation sites (tertiary alicyclic amines) is 1. The number of nitrogens with zero attached hydrogens (tertiary/aromatic N) is 1. The van der Waals surface area contributed by atoms with E-state index in [0.29, 0.717) is 12.1 Å². The van der Waals surface area contributed by atoms with E-state index in [0.717, 1.165) is 38.0 Å². The van der Waals surface area contributed by atoms with Gasteiger partial charge in [0, 0.05) is 31.9 Å². The fraction of sp³-hybridized carbons (Fsp3) is 0.600. The molecule has 2 N–H and O–H groups in total. The maximum atomic E-state index is 5.80. The fourth-order valence-corrected chi connectivity index (χ4v) is 2.75. The Morgan fingerprint density at radius 1 is 1.44 bits per heavy atom. The van der Waals surface area contributed by atoms with Crippen LogP contribution in [-0.2, 0) is 11.2 Å². The normalized spacial score (nSPS) is 25.2. The molecule has 1 aromatic rings. The molecular formula is C15H24N2O. The molecule has 3 heteroatoms. The van der Waals surface area contributed by atoms with Gasteiger partial charge in [-0.2, -0.15) is 0 Å². The predicted octanol–water partition coefficient (Wildman–Crippen LogP) is 2.31. The van der Waals surface area contributed by atoms with E-state index in [4.69, 9.17) is 10.5 Å². The molecule has 3 nitrogen and oxygen atoms in total. The van der Waals surface area contributed by atoms with Gasteiger partial charge in [-0.05, 0) is 43.9 Å². The van der Waals surface area contributed by atoms with E-state index in [9.17, 15) is 0 Å². The molecule has 1 fully saturated rings. The van der Waals surface area contributed by atoms with E-state index in [1.807, 2.05) is 19.2 Å². The molecule has 1 heterocycles. The Bertz CT molecular complexity index is 381. The van der Waals surface area contributed by atoms with Crippen molar-refractivity contribution in [1.29, 1.82) is 0 Å². The number of hydrogen-bond acceptors (Lipinski definition) is 3. The third-order valence-corrected chi connectivity index (χ3v) is 3.94. The minimum absolute atomic E-state index is 0.448. The molecule has 0 saturated carbocycles. The average molecular weight is 248 g/mol. The number of rotatable bonds is 4. The second kappa shape index (κ2) is 6.21. The number of methoxy groups -OCH3 is 1. The minimum Gasteiger partial charge on any atom is -0.399 e. The molecule has 1 aromatic carbocycles. The molecule has 1 saturated heterocycles. The topological polar surface area (TPSA) is 38.5 Å². The summed E-state index contributed by atoms with van der Waals surface area (Å²) in [7, 11) is 1.82. The molecule has 0 bridgehead atoms. The lowest BCUT2D eigenvalue weighted by Crippen LogP contribution is -2.44. The molecule has 0 radical (unpaired) electrons. The van der Waals surface area contributed by atoms with Crippen LogP contribution in [0, 0.1) is 0 Å². The Balaban J connectivity index is 1.83. The van der Waals surface area contributed by atoms with Gasteiger partial charge in [0.1, 0.15) is 0 Å². The zero-order valence-electron chi connectivity index (χ0n) is 11.4. The highest BCUT2D eigenvalue weighted by atomic mass is 16.5. The summed E-state index contributed by atoms with van der Waals surface area (Å²) in [6.45, 7) is 4.55. The van der Waals surface area contributed by atoms with Crippen molar-refractivity contribution < 1.29 is 4.74 Å². The molecule has 2 rings (SSSR count). The molecule has 18 heavy (non-hydrogen) atoms. The van der Waals surface area contributed by atoms with Gasteiger partial charge in [-0.25, -0.2) is 0 Å². The van der Waals surface area contributed by atoms with Gasteiger partial charge in [0.15, 0.2) is 0 Å². The summed E-state index contributed by atoms with van der Waals surface area (Å²) in [4.78, 5) is 2.55. The van der Waals surface area contributed by atoms with E-state index < -0.39 is 0 Å². The number of piperidine rings is 1. The Morgan fingerprint density at radius 2 is 2.28 bits per heavy atom. The van der Waals surface area contributed by atoms with Crippen molar-refractivity contribution in [3.8, 4) is 0 Å². The van der Waals surface area contributed by atoms with E-state index in [1.54, 1.807) is 0 Å². The highest BCUT2D eigenvalue weighted by Gasteiger charge is 2.24. The van der Waals surface area contributed by atoms with Gasteiger partial charge in [-0.3, -0.25) is 0 Å². The Kier molecular flexibility index (Phi) is 4.61. The molecule has 0 aliphatic carbocycles. The van der Waals surface area contributed by atoms with Crippen LogP contribution in [0.2, 0.25) is 0 Å². The smallest absolute Gasteiger partial charge is 0.0598 e. The van der Waals surface area contributed by atoms with Crippen molar-refractivity contribution in [3.63, 3.8) is 0 Å². The van der Waals surface area contributed by atoms with Crippen LogP contribution in [0.3, 0.4) is 0 Å². The Morgan fingerprint density at radius 3 is 2.94 bits per heavy atom. The molecule has 0 spiro atoms. The quantitative estimate of drug-likeness (QED) is 0.831. The van der Waals surface area contributed by atoms with Crippen LogP contribution in [0.5, 0.6) is 0 Å². The minimum atomic E-state index is 0.448. The van der Waals surface area contributed by atoms with Crippen molar-refractivity contribution in [3.05, 3.63) is 29.8 Å². The van der Waals surface area contributed by atoms with Gasteiger partial charge in [-0.1, -0.05) is 12.1 Å². The van der Waals surface area contributed by atoms with Crippen molar-refractivity contribution in [2.75, 3.05) is 25.9 Å². The monoisotopic (exact) mass is 248 g/mol. The first-order valence-electron chi connectivity index (χ1n) is 6.80. The summed E-state index contributed by atoms with van der Waals surface area (Å²) < 4.78 is 5.45. The van der Waals surface area contributed by atoms with Crippen LogP contribution in [0.15, 0.2) is 24.3 Å². The second-order valence-electron chi connectivity index (χ2n) is 5.26. The van der Waals surface area contributed by atoms with Crippen LogP contribution in [0.1, 0.15) is 25.3 Å². The highest BCUT2D eigenvalue weighted by Crippen LogP contribution is 2.19. The first-order chi connectivity index (χ1) is 8.69. The Hall–Kier alpha value is -1.06. The summed E-state index contributed by atoms with van der Waals surface area (Å²) in [5.74, 6) is 0. The number of nitrogens with two attached hydrogens (primary N) is 1. The van der Waals surface area contributed by atoms with Crippen LogP contribution < -0.4 is 5.73 Å². The third-order valence-electron chi connectivity index (χ3n) is 3.94. The number of anilines is 1. The number of nitrogen functional groups attached to an aromatic ring is 1. The van der Waals surface area contributed by atoms with E-state index in [1.165, 1.54) is 5.56 Å². The van der Waals surface area contributed by atoms with Gasteiger partial charge in [-0.15, -0.1) is 0 Å². The number of hydrogen-bond donors (Lipinski definition) is 1. The zero-order chi connectivity index (χ0) is 13.0. The lowest BCUT2D eigenvalue weighted by atomic mass is 10.00. The SMILES string of the molecule is COC1CCN(CCc2cccc(N)c2)C(C)C1. The maximum Gasteiger partial charge on any atom is 0.0598 e. The summed E-state index contributed by atoms with van der Waals surface area (Å²) >= 11 is 0. The third kappa shape index (κ3) is 3.47. The highest BCUT2D eigenvalue weighted by molar-refractivity contribution is 5.40. The number of benzene rings is 1. The summed E-state index contributed by atoms with van der Waals surface area (Å²) in [6, 6.07) is 8.82. The van der Waals surface area contributed by atoms with Crippen molar-refractivity contribution in [2.45, 2.75) is 38.3 Å². The van der Waals surface area contributed by atoms with Crippen LogP contribution in [-0.4, -0.2) is 37.2 Å². The molecule has 0 amide bonds. The van der Waals surface area contributed by atoms with Crippen LogP contribution in [0.25, 0.3) is 0 Å². The van der Waals surface area contributed by atoms with Crippen LogP contribution in [0.4, 0.5) is 5.69 Å². The largest absolute Gasteiger partial charge is 0.399 e. The molecule has 100 valence electrons. The van der Waals surface area contributed by atoms with Crippen molar-refractivity contribution in [1.82, 2.24) is 4.90 Å². The summed E-state index contributed by atoms with van der Waals surface area (Å²) in [5, 5.41) is 0. The van der Waals surface area contributed by atoms with Crippen LogP contribution >= 0.6 is 0 Å². The first kappa shape index (κ1) is 13.4. The van der Waals surface area contributed by atoms with Crippen molar-refractivity contribution >= 4 is 5.69 Å². The predicted molar refractivity (Wildman–Crippen MR) is 75.6 cm³/mol. The summed E-state index contributed by atoms with van der Waals surface area (Å²) in [6.07, 6.45) is 3.82. The molecule has 0 aromatic heterocycles. The van der Waals surface area contributed by atoms with E-state index in [-0.39, 0.29) is 0 Å². The van der Waals surface area contributed by atoms with Gasteiger partial charge >= 0.3 is 0 Å². The van der Waals surface area contributed by atoms with Gasteiger partial charge < -0.3 is 15.4 Å². The molecule has 2 unspecified atom stereocenters. The molecule has 1 aliphatic heterocycles. The maximum absolute atomic E-state index is 5.80. The number of ether oxygens (including phenoxy) is 1. The fourth-order valence-electron chi connectivity index (χ4n) is 2.75. The molecular weight excluding hydrogens is 224 g/mol. The first-order valence-corrected chi connectivity index (χ1v) is 6.80. The van der Waals surface area contributed by atoms with Gasteiger partial charge in [0.05, 0.1) is 6.10 Å². The Labute approximate surface area is 110 Å². The molecule has 2 atom stereocenters. The lowest BCUT2D eigenvalue weighted by molar-refractivity contribution is 0.0165. The second-order valence-corrected chi connectivity index (χ2v) is 5.26. The van der Waals surface area contributed by atoms with E-state index >= 15 is 0 Å².